The predicted molar refractivity (Wildman–Crippen MR) is 106 cm³/mol. The molecule has 132 valence electrons. The topological polar surface area (TPSA) is 36.9 Å². The molecule has 3 rings (SSSR count). The first-order chi connectivity index (χ1) is 12.6. The van der Waals surface area contributed by atoms with Crippen molar-refractivity contribution in [2.75, 3.05) is 18.5 Å². The molecule has 2 N–H and O–H groups in total. The lowest BCUT2D eigenvalue weighted by atomic mass is 9.98. The van der Waals surface area contributed by atoms with E-state index in [1.165, 1.54) is 16.7 Å². The number of nitrogens with zero attached hydrogens (tertiary/aromatic N) is 1. The summed E-state index contributed by atoms with van der Waals surface area (Å²) in [4.78, 5) is 14.4. The van der Waals surface area contributed by atoms with Crippen molar-refractivity contribution in [3.63, 3.8) is 0 Å². The third kappa shape index (κ3) is 4.38. The number of benzene rings is 3. The maximum atomic E-state index is 12.7. The van der Waals surface area contributed by atoms with Crippen molar-refractivity contribution in [3.8, 4) is 0 Å². The molecule has 3 heteroatoms. The van der Waals surface area contributed by atoms with Gasteiger partial charge in [-0.25, -0.2) is 0 Å². The van der Waals surface area contributed by atoms with E-state index in [4.69, 9.17) is 0 Å². The number of nitrogens with two attached hydrogens (primary N) is 1. The molecule has 0 aliphatic carbocycles. The van der Waals surface area contributed by atoms with Crippen LogP contribution in [0.2, 0.25) is 0 Å². The van der Waals surface area contributed by atoms with Crippen molar-refractivity contribution in [1.29, 1.82) is 0 Å². The molecular weight excluding hydrogens is 320 g/mol. The second-order valence-electron chi connectivity index (χ2n) is 6.53. The highest BCUT2D eigenvalue weighted by molar-refractivity contribution is 5.93. The summed E-state index contributed by atoms with van der Waals surface area (Å²) in [5.74, 6) is 0.0873. The van der Waals surface area contributed by atoms with Crippen molar-refractivity contribution >= 4 is 11.6 Å². The Bertz CT molecular complexity index is 829. The first-order valence-corrected chi connectivity index (χ1v) is 8.91. The van der Waals surface area contributed by atoms with Crippen LogP contribution in [0.5, 0.6) is 0 Å². The van der Waals surface area contributed by atoms with Crippen molar-refractivity contribution in [3.05, 3.63) is 102 Å². The lowest BCUT2D eigenvalue weighted by Crippen LogP contribution is -2.87. The summed E-state index contributed by atoms with van der Waals surface area (Å²) < 4.78 is 0. The van der Waals surface area contributed by atoms with Crippen LogP contribution >= 0.6 is 0 Å². The van der Waals surface area contributed by atoms with Gasteiger partial charge >= 0.3 is 0 Å². The van der Waals surface area contributed by atoms with Crippen molar-refractivity contribution in [2.24, 2.45) is 0 Å². The fraction of sp³-hybridized carbons (Fsp3) is 0.174. The smallest absolute Gasteiger partial charge is 0.281 e. The molecule has 0 unspecified atom stereocenters. The van der Waals surface area contributed by atoms with Crippen LogP contribution in [0, 0.1) is 6.92 Å². The lowest BCUT2D eigenvalue weighted by molar-refractivity contribution is -0.676. The largest absolute Gasteiger partial charge is 0.328 e. The maximum absolute atomic E-state index is 12.7. The molecule has 0 bridgehead atoms. The van der Waals surface area contributed by atoms with Gasteiger partial charge < -0.3 is 10.2 Å². The number of quaternary nitrogens is 1. The molecule has 0 spiro atoms. The summed E-state index contributed by atoms with van der Waals surface area (Å²) in [7, 11) is 1.83. The molecule has 0 aromatic heterocycles. The highest BCUT2D eigenvalue weighted by Crippen LogP contribution is 2.18. The Kier molecular flexibility index (Phi) is 5.82. The monoisotopic (exact) mass is 345 g/mol. The average Bonchev–Trinajstić information content (AvgIpc) is 2.70. The number of rotatable bonds is 6. The molecule has 3 nitrogen and oxygen atoms in total. The molecule has 3 aromatic rings. The summed E-state index contributed by atoms with van der Waals surface area (Å²) in [6, 6.07) is 28.7. The van der Waals surface area contributed by atoms with E-state index in [0.29, 0.717) is 6.54 Å². The molecule has 26 heavy (non-hydrogen) atoms. The van der Waals surface area contributed by atoms with E-state index < -0.39 is 0 Å². The van der Waals surface area contributed by atoms with E-state index in [1.54, 1.807) is 4.90 Å². The second kappa shape index (κ2) is 8.45. The van der Waals surface area contributed by atoms with Gasteiger partial charge in [-0.3, -0.25) is 4.79 Å². The normalized spacial score (nSPS) is 11.8. The number of hydrogen-bond donors (Lipinski definition) is 1. The molecule has 3 aromatic carbocycles. The van der Waals surface area contributed by atoms with E-state index in [-0.39, 0.29) is 11.9 Å². The Labute approximate surface area is 155 Å². The molecular formula is C23H25N2O+. The molecule has 0 heterocycles. The van der Waals surface area contributed by atoms with Gasteiger partial charge in [0.25, 0.3) is 5.91 Å². The SMILES string of the molecule is Cc1ccc([C@H]([NH2+]CC(=O)N(C)c2ccccc2)c2ccccc2)cc1. The van der Waals surface area contributed by atoms with Crippen LogP contribution in [0.25, 0.3) is 0 Å². The minimum atomic E-state index is 0.0873. The second-order valence-corrected chi connectivity index (χ2v) is 6.53. The number of anilines is 1. The molecule has 0 radical (unpaired) electrons. The number of carbonyl (C=O) groups is 1. The van der Waals surface area contributed by atoms with Crippen LogP contribution in [-0.4, -0.2) is 19.5 Å². The van der Waals surface area contributed by atoms with Crippen LogP contribution in [0.1, 0.15) is 22.7 Å². The summed E-state index contributed by atoms with van der Waals surface area (Å²) >= 11 is 0. The number of carbonyl (C=O) groups excluding carboxylic acids is 1. The Hall–Kier alpha value is -2.91. The van der Waals surface area contributed by atoms with E-state index in [9.17, 15) is 4.79 Å². The van der Waals surface area contributed by atoms with Crippen LogP contribution < -0.4 is 10.2 Å². The number of para-hydroxylation sites is 1. The van der Waals surface area contributed by atoms with Gasteiger partial charge in [-0.2, -0.15) is 0 Å². The molecule has 0 fully saturated rings. The fourth-order valence-electron chi connectivity index (χ4n) is 3.05. The molecule has 1 amide bonds. The zero-order chi connectivity index (χ0) is 18.4. The third-order valence-electron chi connectivity index (χ3n) is 4.64. The molecule has 0 aliphatic heterocycles. The molecule has 0 saturated heterocycles. The lowest BCUT2D eigenvalue weighted by Gasteiger charge is -2.20. The van der Waals surface area contributed by atoms with Crippen molar-refractivity contribution in [1.82, 2.24) is 0 Å². The number of aryl methyl sites for hydroxylation is 1. The summed E-state index contributed by atoms with van der Waals surface area (Å²) in [6.45, 7) is 2.47. The summed E-state index contributed by atoms with van der Waals surface area (Å²) in [6.07, 6.45) is 0. The minimum absolute atomic E-state index is 0.0873. The van der Waals surface area contributed by atoms with Gasteiger partial charge in [0, 0.05) is 23.9 Å². The Morgan fingerprint density at radius 2 is 1.38 bits per heavy atom. The van der Waals surface area contributed by atoms with Gasteiger partial charge in [0.15, 0.2) is 6.54 Å². The van der Waals surface area contributed by atoms with E-state index >= 15 is 0 Å². The summed E-state index contributed by atoms with van der Waals surface area (Å²) in [5, 5.41) is 2.11. The zero-order valence-corrected chi connectivity index (χ0v) is 15.3. The van der Waals surface area contributed by atoms with Crippen LogP contribution in [-0.2, 0) is 4.79 Å². The highest BCUT2D eigenvalue weighted by atomic mass is 16.2. The van der Waals surface area contributed by atoms with Crippen LogP contribution in [0.3, 0.4) is 0 Å². The zero-order valence-electron chi connectivity index (χ0n) is 15.3. The van der Waals surface area contributed by atoms with Crippen LogP contribution in [0.4, 0.5) is 5.69 Å². The van der Waals surface area contributed by atoms with Gasteiger partial charge in [0.2, 0.25) is 0 Å². The van der Waals surface area contributed by atoms with E-state index in [0.717, 1.165) is 5.69 Å². The number of amides is 1. The van der Waals surface area contributed by atoms with Gasteiger partial charge in [-0.05, 0) is 19.1 Å². The molecule has 0 saturated carbocycles. The Morgan fingerprint density at radius 1 is 0.846 bits per heavy atom. The molecule has 1 atom stereocenters. The predicted octanol–water partition coefficient (Wildman–Crippen LogP) is 3.31. The van der Waals surface area contributed by atoms with Gasteiger partial charge in [0.05, 0.1) is 0 Å². The fourth-order valence-corrected chi connectivity index (χ4v) is 3.05. The van der Waals surface area contributed by atoms with Gasteiger partial charge in [-0.1, -0.05) is 78.4 Å². The Balaban J connectivity index is 1.76. The third-order valence-corrected chi connectivity index (χ3v) is 4.64. The summed E-state index contributed by atoms with van der Waals surface area (Å²) in [5.41, 5.74) is 4.56. The average molecular weight is 345 g/mol. The standard InChI is InChI=1S/C23H24N2O/c1-18-13-15-20(16-14-18)23(19-9-5-3-6-10-19)24-17-22(26)25(2)21-11-7-4-8-12-21/h3-16,23-24H,17H2,1-2H3/p+1/t23-/m1/s1. The highest BCUT2D eigenvalue weighted by Gasteiger charge is 2.20. The van der Waals surface area contributed by atoms with Crippen molar-refractivity contribution in [2.45, 2.75) is 13.0 Å². The Morgan fingerprint density at radius 3 is 2.00 bits per heavy atom. The number of hydrogen-bond acceptors (Lipinski definition) is 1. The first-order valence-electron chi connectivity index (χ1n) is 8.91. The molecule has 0 aliphatic rings. The maximum Gasteiger partial charge on any atom is 0.281 e. The minimum Gasteiger partial charge on any atom is -0.328 e. The first kappa shape index (κ1) is 17.9. The van der Waals surface area contributed by atoms with E-state index in [2.05, 4.69) is 48.6 Å². The van der Waals surface area contributed by atoms with E-state index in [1.807, 2.05) is 55.6 Å². The number of likely N-dealkylation sites (N-methyl/N-ethyl adjacent to an activating group) is 1. The van der Waals surface area contributed by atoms with Crippen molar-refractivity contribution < 1.29 is 10.1 Å². The van der Waals surface area contributed by atoms with Gasteiger partial charge in [0.1, 0.15) is 6.04 Å². The van der Waals surface area contributed by atoms with Gasteiger partial charge in [-0.15, -0.1) is 0 Å². The quantitative estimate of drug-likeness (QED) is 0.731. The van der Waals surface area contributed by atoms with Crippen LogP contribution in [0.15, 0.2) is 84.9 Å².